The number of rotatable bonds is 6. The van der Waals surface area contributed by atoms with Crippen molar-refractivity contribution < 1.29 is 19.5 Å². The van der Waals surface area contributed by atoms with Crippen molar-refractivity contribution in [2.45, 2.75) is 12.8 Å². The third-order valence-corrected chi connectivity index (χ3v) is 1.75. The minimum Gasteiger partial charge on any atom is -0.481 e. The Morgan fingerprint density at radius 1 is 1.19 bits per heavy atom. The molecule has 0 fully saturated rings. The SMILES string of the molecule is CN(C)C(=O)CNC(=O)NCCCC(=O)O. The Kier molecular flexibility index (Phi) is 6.66. The minimum atomic E-state index is -0.898. The van der Waals surface area contributed by atoms with Crippen LogP contribution in [0.2, 0.25) is 0 Å². The van der Waals surface area contributed by atoms with E-state index in [2.05, 4.69) is 10.6 Å². The van der Waals surface area contributed by atoms with Crippen molar-refractivity contribution in [3.63, 3.8) is 0 Å². The normalized spacial score (nSPS) is 9.38. The highest BCUT2D eigenvalue weighted by atomic mass is 16.4. The molecule has 0 aliphatic carbocycles. The van der Waals surface area contributed by atoms with Gasteiger partial charge in [0.2, 0.25) is 5.91 Å². The molecule has 0 saturated carbocycles. The van der Waals surface area contributed by atoms with E-state index in [1.807, 2.05) is 0 Å². The molecule has 0 aromatic carbocycles. The fraction of sp³-hybridized carbons (Fsp3) is 0.667. The van der Waals surface area contributed by atoms with E-state index < -0.39 is 12.0 Å². The number of nitrogens with zero attached hydrogens (tertiary/aromatic N) is 1. The maximum Gasteiger partial charge on any atom is 0.315 e. The van der Waals surface area contributed by atoms with E-state index in [9.17, 15) is 14.4 Å². The quantitative estimate of drug-likeness (QED) is 0.523. The average molecular weight is 231 g/mol. The van der Waals surface area contributed by atoms with Gasteiger partial charge in [-0.2, -0.15) is 0 Å². The molecule has 0 aromatic heterocycles. The Hall–Kier alpha value is -1.79. The highest BCUT2D eigenvalue weighted by molar-refractivity contribution is 5.83. The van der Waals surface area contributed by atoms with Gasteiger partial charge in [0.05, 0.1) is 6.54 Å². The van der Waals surface area contributed by atoms with Crippen molar-refractivity contribution in [3.05, 3.63) is 0 Å². The molecule has 0 saturated heterocycles. The second kappa shape index (κ2) is 7.49. The molecular weight excluding hydrogens is 214 g/mol. The number of nitrogens with one attached hydrogen (secondary N) is 2. The molecule has 0 unspecified atom stereocenters. The number of carbonyl (C=O) groups is 3. The van der Waals surface area contributed by atoms with Crippen LogP contribution in [0, 0.1) is 0 Å². The van der Waals surface area contributed by atoms with E-state index >= 15 is 0 Å². The molecule has 3 N–H and O–H groups in total. The number of aliphatic carboxylic acids is 1. The summed E-state index contributed by atoms with van der Waals surface area (Å²) < 4.78 is 0. The van der Waals surface area contributed by atoms with Crippen LogP contribution in [0.25, 0.3) is 0 Å². The molecule has 0 aromatic rings. The zero-order valence-electron chi connectivity index (χ0n) is 9.45. The van der Waals surface area contributed by atoms with Crippen molar-refractivity contribution in [3.8, 4) is 0 Å². The van der Waals surface area contributed by atoms with Gasteiger partial charge in [0, 0.05) is 27.1 Å². The van der Waals surface area contributed by atoms with Gasteiger partial charge in [0.15, 0.2) is 0 Å². The van der Waals surface area contributed by atoms with Gasteiger partial charge in [0.25, 0.3) is 0 Å². The van der Waals surface area contributed by atoms with Crippen LogP contribution in [-0.4, -0.2) is 55.1 Å². The standard InChI is InChI=1S/C9H17N3O4/c1-12(2)7(13)6-11-9(16)10-5-3-4-8(14)15/h3-6H2,1-2H3,(H,14,15)(H2,10,11,16). The van der Waals surface area contributed by atoms with Crippen LogP contribution >= 0.6 is 0 Å². The lowest BCUT2D eigenvalue weighted by Gasteiger charge is -2.11. The molecule has 3 amide bonds. The largest absolute Gasteiger partial charge is 0.481 e. The molecule has 0 atom stereocenters. The van der Waals surface area contributed by atoms with Gasteiger partial charge in [-0.05, 0) is 6.42 Å². The zero-order valence-corrected chi connectivity index (χ0v) is 9.45. The number of carboxylic acids is 1. The molecule has 0 spiro atoms. The van der Waals surface area contributed by atoms with Gasteiger partial charge < -0.3 is 20.6 Å². The fourth-order valence-corrected chi connectivity index (χ4v) is 0.818. The molecule has 0 aliphatic rings. The van der Waals surface area contributed by atoms with Gasteiger partial charge in [-0.15, -0.1) is 0 Å². The van der Waals surface area contributed by atoms with Gasteiger partial charge in [-0.1, -0.05) is 0 Å². The van der Waals surface area contributed by atoms with Gasteiger partial charge in [-0.25, -0.2) is 4.79 Å². The summed E-state index contributed by atoms with van der Waals surface area (Å²) in [7, 11) is 3.18. The highest BCUT2D eigenvalue weighted by Crippen LogP contribution is 1.85. The molecule has 92 valence electrons. The Bertz CT molecular complexity index is 265. The van der Waals surface area contributed by atoms with Gasteiger partial charge in [-0.3, -0.25) is 9.59 Å². The summed E-state index contributed by atoms with van der Waals surface area (Å²) in [5.41, 5.74) is 0. The first-order valence-corrected chi connectivity index (χ1v) is 4.87. The molecule has 0 bridgehead atoms. The van der Waals surface area contributed by atoms with Crippen LogP contribution in [0.15, 0.2) is 0 Å². The Morgan fingerprint density at radius 2 is 1.81 bits per heavy atom. The van der Waals surface area contributed by atoms with Crippen molar-refractivity contribution >= 4 is 17.9 Å². The lowest BCUT2D eigenvalue weighted by molar-refractivity contribution is -0.137. The number of amides is 3. The third kappa shape index (κ3) is 7.60. The maximum absolute atomic E-state index is 11.1. The van der Waals surface area contributed by atoms with Crippen molar-refractivity contribution in [1.29, 1.82) is 0 Å². The summed E-state index contributed by atoms with van der Waals surface area (Å²) in [4.78, 5) is 33.7. The number of hydrogen-bond donors (Lipinski definition) is 3. The minimum absolute atomic E-state index is 0.0108. The number of likely N-dealkylation sites (N-methyl/N-ethyl adjacent to an activating group) is 1. The Balaban J connectivity index is 3.52. The Morgan fingerprint density at radius 3 is 2.31 bits per heavy atom. The van der Waals surface area contributed by atoms with E-state index in [1.165, 1.54) is 4.90 Å². The molecular formula is C9H17N3O4. The van der Waals surface area contributed by atoms with Crippen LogP contribution in [0.5, 0.6) is 0 Å². The first-order valence-electron chi connectivity index (χ1n) is 4.87. The van der Waals surface area contributed by atoms with Gasteiger partial charge in [0.1, 0.15) is 0 Å². The number of hydrogen-bond acceptors (Lipinski definition) is 3. The molecule has 0 heterocycles. The molecule has 7 nitrogen and oxygen atoms in total. The van der Waals surface area contributed by atoms with Crippen LogP contribution in [0.1, 0.15) is 12.8 Å². The molecule has 7 heteroatoms. The summed E-state index contributed by atoms with van der Waals surface area (Å²) in [6, 6.07) is -0.472. The monoisotopic (exact) mass is 231 g/mol. The van der Waals surface area contributed by atoms with Crippen molar-refractivity contribution in [2.75, 3.05) is 27.2 Å². The van der Waals surface area contributed by atoms with Gasteiger partial charge >= 0.3 is 12.0 Å². The predicted octanol–water partition coefficient (Wildman–Crippen LogP) is -0.761. The average Bonchev–Trinajstić information content (AvgIpc) is 2.20. The van der Waals surface area contributed by atoms with Crippen LogP contribution in [0.4, 0.5) is 4.79 Å². The summed E-state index contributed by atoms with van der Waals surface area (Å²) in [5, 5.41) is 13.1. The van der Waals surface area contributed by atoms with E-state index in [1.54, 1.807) is 14.1 Å². The topological polar surface area (TPSA) is 98.7 Å². The van der Waals surface area contributed by atoms with E-state index in [0.29, 0.717) is 6.42 Å². The lowest BCUT2D eigenvalue weighted by Crippen LogP contribution is -2.42. The Labute approximate surface area is 93.8 Å². The summed E-state index contributed by atoms with van der Waals surface area (Å²) in [6.45, 7) is 0.200. The fourth-order valence-electron chi connectivity index (χ4n) is 0.818. The van der Waals surface area contributed by atoms with Crippen LogP contribution < -0.4 is 10.6 Å². The predicted molar refractivity (Wildman–Crippen MR) is 57.0 cm³/mol. The number of carboxylic acid groups (broad SMARTS) is 1. The maximum atomic E-state index is 11.1. The van der Waals surface area contributed by atoms with Crippen LogP contribution in [-0.2, 0) is 9.59 Å². The summed E-state index contributed by atoms with van der Waals surface area (Å²) >= 11 is 0. The molecule has 0 radical (unpaired) electrons. The second-order valence-corrected chi connectivity index (χ2v) is 3.39. The second-order valence-electron chi connectivity index (χ2n) is 3.39. The molecule has 0 rings (SSSR count). The third-order valence-electron chi connectivity index (χ3n) is 1.75. The van der Waals surface area contributed by atoms with E-state index in [-0.39, 0.29) is 25.4 Å². The summed E-state index contributed by atoms with van der Waals surface area (Å²) in [6.07, 6.45) is 0.376. The van der Waals surface area contributed by atoms with E-state index in [4.69, 9.17) is 5.11 Å². The lowest BCUT2D eigenvalue weighted by atomic mass is 10.3. The zero-order chi connectivity index (χ0) is 12.6. The number of urea groups is 1. The highest BCUT2D eigenvalue weighted by Gasteiger charge is 2.06. The van der Waals surface area contributed by atoms with Crippen molar-refractivity contribution in [2.24, 2.45) is 0 Å². The number of carbonyl (C=O) groups excluding carboxylic acids is 2. The molecule has 16 heavy (non-hydrogen) atoms. The molecule has 0 aliphatic heterocycles. The van der Waals surface area contributed by atoms with Crippen LogP contribution in [0.3, 0.4) is 0 Å². The van der Waals surface area contributed by atoms with Crippen molar-refractivity contribution in [1.82, 2.24) is 15.5 Å². The van der Waals surface area contributed by atoms with E-state index in [0.717, 1.165) is 0 Å². The summed E-state index contributed by atoms with van der Waals surface area (Å²) in [5.74, 6) is -1.11. The smallest absolute Gasteiger partial charge is 0.315 e. The first kappa shape index (κ1) is 14.2. The first-order chi connectivity index (χ1) is 7.43.